The summed E-state index contributed by atoms with van der Waals surface area (Å²) in [5.74, 6) is 0.727. The lowest BCUT2D eigenvalue weighted by molar-refractivity contribution is -0.122. The number of rotatable bonds is 5. The SMILES string of the molecule is Nc1nc(N2CCN(CC(=O)NC[C@H]3CCCO3)CC2)cc(=O)[nH]1. The monoisotopic (exact) mass is 336 g/mol. The quantitative estimate of drug-likeness (QED) is 0.616. The minimum atomic E-state index is -0.256. The number of aromatic nitrogens is 2. The Morgan fingerprint density at radius 1 is 1.42 bits per heavy atom. The first-order valence-corrected chi connectivity index (χ1v) is 8.32. The number of anilines is 2. The van der Waals surface area contributed by atoms with Crippen LogP contribution in [-0.2, 0) is 9.53 Å². The molecule has 132 valence electrons. The molecule has 3 heterocycles. The van der Waals surface area contributed by atoms with Crippen LogP contribution >= 0.6 is 0 Å². The first-order valence-electron chi connectivity index (χ1n) is 8.32. The minimum Gasteiger partial charge on any atom is -0.376 e. The van der Waals surface area contributed by atoms with Crippen molar-refractivity contribution in [2.45, 2.75) is 18.9 Å². The van der Waals surface area contributed by atoms with E-state index in [0.717, 1.165) is 32.5 Å². The fourth-order valence-corrected chi connectivity index (χ4v) is 3.05. The summed E-state index contributed by atoms with van der Waals surface area (Å²) in [5, 5.41) is 2.94. The van der Waals surface area contributed by atoms with Gasteiger partial charge in [-0.1, -0.05) is 0 Å². The number of aromatic amines is 1. The third-order valence-electron chi connectivity index (χ3n) is 4.36. The molecule has 24 heavy (non-hydrogen) atoms. The number of nitrogens with two attached hydrogens (primary N) is 1. The number of carbonyl (C=O) groups is 1. The molecule has 0 saturated carbocycles. The topological polar surface area (TPSA) is 117 Å². The van der Waals surface area contributed by atoms with Crippen LogP contribution in [-0.4, -0.2) is 72.8 Å². The Labute approximate surface area is 140 Å². The molecule has 0 aromatic carbocycles. The lowest BCUT2D eigenvalue weighted by Gasteiger charge is -2.34. The molecule has 1 aromatic heterocycles. The lowest BCUT2D eigenvalue weighted by Crippen LogP contribution is -2.50. The summed E-state index contributed by atoms with van der Waals surface area (Å²) in [6.45, 7) is 4.65. The summed E-state index contributed by atoms with van der Waals surface area (Å²) < 4.78 is 5.50. The maximum absolute atomic E-state index is 12.0. The van der Waals surface area contributed by atoms with Gasteiger partial charge in [0.2, 0.25) is 11.9 Å². The zero-order chi connectivity index (χ0) is 16.9. The number of nitrogens with one attached hydrogen (secondary N) is 2. The minimum absolute atomic E-state index is 0.0254. The van der Waals surface area contributed by atoms with Crippen LogP contribution in [0.25, 0.3) is 0 Å². The van der Waals surface area contributed by atoms with Gasteiger partial charge in [-0.15, -0.1) is 0 Å². The molecule has 2 aliphatic rings. The largest absolute Gasteiger partial charge is 0.376 e. The van der Waals surface area contributed by atoms with Gasteiger partial charge in [0.25, 0.3) is 5.56 Å². The molecule has 1 atom stereocenters. The predicted octanol–water partition coefficient (Wildman–Crippen LogP) is -1.23. The molecule has 0 unspecified atom stereocenters. The van der Waals surface area contributed by atoms with Gasteiger partial charge >= 0.3 is 0 Å². The zero-order valence-electron chi connectivity index (χ0n) is 13.7. The second-order valence-corrected chi connectivity index (χ2v) is 6.19. The molecule has 0 radical (unpaired) electrons. The first-order chi connectivity index (χ1) is 11.6. The summed E-state index contributed by atoms with van der Waals surface area (Å²) in [7, 11) is 0. The van der Waals surface area contributed by atoms with Crippen molar-refractivity contribution in [3.8, 4) is 0 Å². The van der Waals surface area contributed by atoms with E-state index in [9.17, 15) is 9.59 Å². The standard InChI is InChI=1S/C15H24N6O3/c16-15-18-12(8-13(22)19-15)21-5-3-20(4-6-21)10-14(23)17-9-11-2-1-7-24-11/h8,11H,1-7,9-10H2,(H,17,23)(H3,16,18,19,22)/t11-/m1/s1. The van der Waals surface area contributed by atoms with Gasteiger partial charge in [-0.3, -0.25) is 19.5 Å². The average molecular weight is 336 g/mol. The van der Waals surface area contributed by atoms with Crippen molar-refractivity contribution in [1.82, 2.24) is 20.2 Å². The maximum Gasteiger partial charge on any atom is 0.254 e. The van der Waals surface area contributed by atoms with Crippen molar-refractivity contribution in [3.63, 3.8) is 0 Å². The normalized spacial score (nSPS) is 21.8. The van der Waals surface area contributed by atoms with E-state index in [0.29, 0.717) is 32.0 Å². The molecule has 0 aliphatic carbocycles. The smallest absolute Gasteiger partial charge is 0.254 e. The van der Waals surface area contributed by atoms with E-state index in [1.54, 1.807) is 0 Å². The van der Waals surface area contributed by atoms with Crippen molar-refractivity contribution < 1.29 is 9.53 Å². The Morgan fingerprint density at radius 2 is 2.21 bits per heavy atom. The highest BCUT2D eigenvalue weighted by molar-refractivity contribution is 5.78. The van der Waals surface area contributed by atoms with Crippen molar-refractivity contribution in [2.75, 3.05) is 56.5 Å². The molecule has 9 nitrogen and oxygen atoms in total. The van der Waals surface area contributed by atoms with E-state index >= 15 is 0 Å². The number of hydrogen-bond acceptors (Lipinski definition) is 7. The fraction of sp³-hybridized carbons (Fsp3) is 0.667. The molecule has 1 amide bonds. The third kappa shape index (κ3) is 4.45. The molecule has 9 heteroatoms. The Hall–Kier alpha value is -2.13. The Morgan fingerprint density at radius 3 is 2.88 bits per heavy atom. The van der Waals surface area contributed by atoms with Crippen LogP contribution < -0.4 is 21.5 Å². The third-order valence-corrected chi connectivity index (χ3v) is 4.36. The second kappa shape index (κ2) is 7.63. The summed E-state index contributed by atoms with van der Waals surface area (Å²) in [6, 6.07) is 1.44. The van der Waals surface area contributed by atoms with Gasteiger partial charge in [0.05, 0.1) is 12.6 Å². The first kappa shape index (κ1) is 16.7. The number of H-pyrrole nitrogens is 1. The highest BCUT2D eigenvalue weighted by Crippen LogP contribution is 2.12. The summed E-state index contributed by atoms with van der Waals surface area (Å²) in [5.41, 5.74) is 5.32. The average Bonchev–Trinajstić information content (AvgIpc) is 3.06. The van der Waals surface area contributed by atoms with E-state index in [1.165, 1.54) is 6.07 Å². The lowest BCUT2D eigenvalue weighted by atomic mass is 10.2. The van der Waals surface area contributed by atoms with E-state index in [1.807, 2.05) is 4.90 Å². The highest BCUT2D eigenvalue weighted by atomic mass is 16.5. The van der Waals surface area contributed by atoms with E-state index < -0.39 is 0 Å². The van der Waals surface area contributed by atoms with Crippen LogP contribution in [0.3, 0.4) is 0 Å². The summed E-state index contributed by atoms with van der Waals surface area (Å²) in [6.07, 6.45) is 2.26. The van der Waals surface area contributed by atoms with E-state index in [4.69, 9.17) is 10.5 Å². The number of ether oxygens (including phenoxy) is 1. The van der Waals surface area contributed by atoms with Crippen molar-refractivity contribution in [2.24, 2.45) is 0 Å². The van der Waals surface area contributed by atoms with E-state index in [-0.39, 0.29) is 23.5 Å². The van der Waals surface area contributed by atoms with Gasteiger partial charge in [0, 0.05) is 45.4 Å². The molecular formula is C15H24N6O3. The van der Waals surface area contributed by atoms with Gasteiger partial charge in [-0.05, 0) is 12.8 Å². The number of carbonyl (C=O) groups excluding carboxylic acids is 1. The van der Waals surface area contributed by atoms with Crippen LogP contribution in [0.15, 0.2) is 10.9 Å². The van der Waals surface area contributed by atoms with Gasteiger partial charge < -0.3 is 20.7 Å². The Balaban J connectivity index is 1.43. The van der Waals surface area contributed by atoms with Crippen molar-refractivity contribution in [3.05, 3.63) is 16.4 Å². The maximum atomic E-state index is 12.0. The van der Waals surface area contributed by atoms with Crippen molar-refractivity contribution in [1.29, 1.82) is 0 Å². The molecule has 0 bridgehead atoms. The van der Waals surface area contributed by atoms with Crippen LogP contribution in [0.4, 0.5) is 11.8 Å². The summed E-state index contributed by atoms with van der Waals surface area (Å²) in [4.78, 5) is 34.2. The fourth-order valence-electron chi connectivity index (χ4n) is 3.05. The molecular weight excluding hydrogens is 312 g/mol. The van der Waals surface area contributed by atoms with Gasteiger partial charge in [0.1, 0.15) is 5.82 Å². The van der Waals surface area contributed by atoms with Crippen LogP contribution in [0.2, 0.25) is 0 Å². The van der Waals surface area contributed by atoms with Crippen LogP contribution in [0.5, 0.6) is 0 Å². The summed E-state index contributed by atoms with van der Waals surface area (Å²) >= 11 is 0. The number of nitrogen functional groups attached to an aromatic ring is 1. The molecule has 2 aliphatic heterocycles. The number of piperazine rings is 1. The van der Waals surface area contributed by atoms with Crippen LogP contribution in [0, 0.1) is 0 Å². The Bertz CT molecular complexity index is 620. The zero-order valence-corrected chi connectivity index (χ0v) is 13.7. The molecule has 3 rings (SSSR count). The van der Waals surface area contributed by atoms with Gasteiger partial charge in [-0.25, -0.2) is 0 Å². The number of nitrogens with zero attached hydrogens (tertiary/aromatic N) is 3. The second-order valence-electron chi connectivity index (χ2n) is 6.19. The molecule has 2 saturated heterocycles. The highest BCUT2D eigenvalue weighted by Gasteiger charge is 2.21. The van der Waals surface area contributed by atoms with Gasteiger partial charge in [-0.2, -0.15) is 4.98 Å². The van der Waals surface area contributed by atoms with E-state index in [2.05, 4.69) is 20.2 Å². The molecule has 1 aromatic rings. The Kier molecular flexibility index (Phi) is 5.31. The molecule has 0 spiro atoms. The van der Waals surface area contributed by atoms with Gasteiger partial charge in [0.15, 0.2) is 0 Å². The van der Waals surface area contributed by atoms with Crippen LogP contribution in [0.1, 0.15) is 12.8 Å². The van der Waals surface area contributed by atoms with Crippen molar-refractivity contribution >= 4 is 17.7 Å². The predicted molar refractivity (Wildman–Crippen MR) is 89.9 cm³/mol. The number of hydrogen-bond donors (Lipinski definition) is 3. The molecule has 4 N–H and O–H groups in total. The molecule has 2 fully saturated rings. The number of amides is 1.